The van der Waals surface area contributed by atoms with E-state index in [1.807, 2.05) is 28.8 Å². The summed E-state index contributed by atoms with van der Waals surface area (Å²) in [7, 11) is 0. The minimum absolute atomic E-state index is 0.190. The van der Waals surface area contributed by atoms with Crippen molar-refractivity contribution in [1.82, 2.24) is 9.55 Å². The highest BCUT2D eigenvalue weighted by atomic mass is 16.4. The van der Waals surface area contributed by atoms with Gasteiger partial charge in [0, 0.05) is 5.69 Å². The van der Waals surface area contributed by atoms with Gasteiger partial charge in [0.1, 0.15) is 5.82 Å². The summed E-state index contributed by atoms with van der Waals surface area (Å²) in [5, 5.41) is 17.9. The Kier molecular flexibility index (Phi) is 3.13. The van der Waals surface area contributed by atoms with Gasteiger partial charge in [0.25, 0.3) is 0 Å². The van der Waals surface area contributed by atoms with E-state index in [2.05, 4.69) is 11.1 Å². The quantitative estimate of drug-likeness (QED) is 0.798. The average Bonchev–Trinajstić information content (AvgIpc) is 2.85. The lowest BCUT2D eigenvalue weighted by Crippen LogP contribution is -2.02. The highest BCUT2D eigenvalue weighted by molar-refractivity contribution is 5.88. The molecule has 0 aliphatic rings. The number of carboxylic acids is 1. The number of carboxylic acid groups (broad SMARTS) is 1. The number of nitrogens with zero attached hydrogens (tertiary/aromatic N) is 3. The molecule has 0 spiro atoms. The van der Waals surface area contributed by atoms with Crippen LogP contribution in [0.4, 0.5) is 0 Å². The predicted molar refractivity (Wildman–Crippen MR) is 77.3 cm³/mol. The zero-order valence-electron chi connectivity index (χ0n) is 11.0. The summed E-state index contributed by atoms with van der Waals surface area (Å²) in [5.41, 5.74) is 2.72. The number of nitriles is 1. The zero-order chi connectivity index (χ0) is 14.8. The highest BCUT2D eigenvalue weighted by Gasteiger charge is 2.12. The summed E-state index contributed by atoms with van der Waals surface area (Å²) in [4.78, 5) is 15.4. The molecule has 0 aliphatic heterocycles. The van der Waals surface area contributed by atoms with Gasteiger partial charge < -0.3 is 5.11 Å². The van der Waals surface area contributed by atoms with Crippen LogP contribution in [0.2, 0.25) is 0 Å². The number of hydrogen-bond donors (Lipinski definition) is 1. The van der Waals surface area contributed by atoms with Gasteiger partial charge >= 0.3 is 5.97 Å². The third-order valence-electron chi connectivity index (χ3n) is 3.24. The molecule has 3 aromatic rings. The molecule has 0 radical (unpaired) electrons. The van der Waals surface area contributed by atoms with Crippen molar-refractivity contribution in [2.75, 3.05) is 0 Å². The summed E-state index contributed by atoms with van der Waals surface area (Å²) in [6, 6.07) is 16.2. The Morgan fingerprint density at radius 2 is 1.90 bits per heavy atom. The number of aromatic carboxylic acids is 1. The Balaban J connectivity index is 2.20. The number of aromatic nitrogens is 2. The molecule has 0 unspecified atom stereocenters. The van der Waals surface area contributed by atoms with E-state index in [-0.39, 0.29) is 12.0 Å². The van der Waals surface area contributed by atoms with Gasteiger partial charge in [-0.2, -0.15) is 5.26 Å². The van der Waals surface area contributed by atoms with Gasteiger partial charge in [-0.05, 0) is 36.4 Å². The van der Waals surface area contributed by atoms with Gasteiger partial charge in [0.05, 0.1) is 29.1 Å². The summed E-state index contributed by atoms with van der Waals surface area (Å²) in [5.74, 6) is -0.323. The standard InChI is InChI=1S/C16H11N3O2/c17-10-9-15-18-13-3-1-2-4-14(13)19(15)12-7-5-11(6-8-12)16(20)21/h1-8H,9H2,(H,20,21). The van der Waals surface area contributed by atoms with Crippen LogP contribution >= 0.6 is 0 Å². The average molecular weight is 277 g/mol. The molecule has 0 saturated heterocycles. The molecular formula is C16H11N3O2. The Morgan fingerprint density at radius 1 is 1.19 bits per heavy atom. The molecule has 5 nitrogen and oxygen atoms in total. The molecule has 0 amide bonds. The first-order valence-electron chi connectivity index (χ1n) is 6.38. The van der Waals surface area contributed by atoms with Gasteiger partial charge in [-0.25, -0.2) is 9.78 Å². The van der Waals surface area contributed by atoms with Crippen molar-refractivity contribution < 1.29 is 9.90 Å². The molecule has 5 heteroatoms. The lowest BCUT2D eigenvalue weighted by atomic mass is 10.2. The van der Waals surface area contributed by atoms with E-state index >= 15 is 0 Å². The lowest BCUT2D eigenvalue weighted by Gasteiger charge is -2.08. The normalized spacial score (nSPS) is 10.4. The number of imidazole rings is 1. The minimum atomic E-state index is -0.964. The molecule has 0 aliphatic carbocycles. The first-order valence-corrected chi connectivity index (χ1v) is 6.38. The third-order valence-corrected chi connectivity index (χ3v) is 3.24. The van der Waals surface area contributed by atoms with Crippen molar-refractivity contribution in [3.8, 4) is 11.8 Å². The van der Waals surface area contributed by atoms with Crippen molar-refractivity contribution in [3.63, 3.8) is 0 Å². The predicted octanol–water partition coefficient (Wildman–Crippen LogP) is 2.79. The van der Waals surface area contributed by atoms with E-state index in [0.29, 0.717) is 5.82 Å². The molecule has 0 fully saturated rings. The number of benzene rings is 2. The molecule has 0 atom stereocenters. The van der Waals surface area contributed by atoms with E-state index in [1.165, 1.54) is 0 Å². The number of para-hydroxylation sites is 2. The Morgan fingerprint density at radius 3 is 2.57 bits per heavy atom. The van der Waals surface area contributed by atoms with E-state index in [4.69, 9.17) is 10.4 Å². The van der Waals surface area contributed by atoms with Crippen molar-refractivity contribution >= 4 is 17.0 Å². The van der Waals surface area contributed by atoms with Crippen LogP contribution in [0.1, 0.15) is 16.2 Å². The first-order chi connectivity index (χ1) is 10.2. The molecule has 0 bridgehead atoms. The van der Waals surface area contributed by atoms with E-state index in [0.717, 1.165) is 16.7 Å². The fourth-order valence-electron chi connectivity index (χ4n) is 2.31. The van der Waals surface area contributed by atoms with Crippen LogP contribution < -0.4 is 0 Å². The van der Waals surface area contributed by atoms with Gasteiger partial charge in [-0.1, -0.05) is 12.1 Å². The van der Waals surface area contributed by atoms with Crippen LogP contribution in [0.3, 0.4) is 0 Å². The molecule has 2 aromatic carbocycles. The zero-order valence-corrected chi connectivity index (χ0v) is 11.0. The number of rotatable bonds is 3. The molecule has 1 N–H and O–H groups in total. The molecule has 1 aromatic heterocycles. The summed E-state index contributed by atoms with van der Waals surface area (Å²) < 4.78 is 1.88. The van der Waals surface area contributed by atoms with Gasteiger partial charge in [0.2, 0.25) is 0 Å². The van der Waals surface area contributed by atoms with Crippen LogP contribution in [0.5, 0.6) is 0 Å². The van der Waals surface area contributed by atoms with Crippen LogP contribution in [-0.2, 0) is 6.42 Å². The summed E-state index contributed by atoms with van der Waals surface area (Å²) >= 11 is 0. The third kappa shape index (κ3) is 2.23. The van der Waals surface area contributed by atoms with Crippen LogP contribution in [0.25, 0.3) is 16.7 Å². The van der Waals surface area contributed by atoms with E-state index in [9.17, 15) is 4.79 Å². The fraction of sp³-hybridized carbons (Fsp3) is 0.0625. The Hall–Kier alpha value is -3.13. The summed E-state index contributed by atoms with van der Waals surface area (Å²) in [6.45, 7) is 0. The molecule has 21 heavy (non-hydrogen) atoms. The van der Waals surface area contributed by atoms with Gasteiger partial charge in [-0.15, -0.1) is 0 Å². The monoisotopic (exact) mass is 277 g/mol. The van der Waals surface area contributed by atoms with Crippen molar-refractivity contribution in [2.24, 2.45) is 0 Å². The summed E-state index contributed by atoms with van der Waals surface area (Å²) in [6.07, 6.45) is 0.190. The van der Waals surface area contributed by atoms with Crippen LogP contribution in [0.15, 0.2) is 48.5 Å². The molecule has 0 saturated carbocycles. The smallest absolute Gasteiger partial charge is 0.335 e. The largest absolute Gasteiger partial charge is 0.478 e. The van der Waals surface area contributed by atoms with Crippen LogP contribution in [0, 0.1) is 11.3 Å². The Bertz CT molecular complexity index is 857. The van der Waals surface area contributed by atoms with Crippen LogP contribution in [-0.4, -0.2) is 20.6 Å². The number of hydrogen-bond acceptors (Lipinski definition) is 3. The molecule has 1 heterocycles. The van der Waals surface area contributed by atoms with Gasteiger partial charge in [0.15, 0.2) is 0 Å². The second-order valence-electron chi connectivity index (χ2n) is 4.54. The minimum Gasteiger partial charge on any atom is -0.478 e. The van der Waals surface area contributed by atoms with Crippen molar-refractivity contribution in [3.05, 3.63) is 59.9 Å². The lowest BCUT2D eigenvalue weighted by molar-refractivity contribution is 0.0697. The second kappa shape index (κ2) is 5.10. The maximum absolute atomic E-state index is 10.9. The van der Waals surface area contributed by atoms with Crippen molar-refractivity contribution in [2.45, 2.75) is 6.42 Å². The topological polar surface area (TPSA) is 78.9 Å². The second-order valence-corrected chi connectivity index (χ2v) is 4.54. The maximum Gasteiger partial charge on any atom is 0.335 e. The first kappa shape index (κ1) is 12.9. The molecular weight excluding hydrogens is 266 g/mol. The number of fused-ring (bicyclic) bond motifs is 1. The van der Waals surface area contributed by atoms with E-state index < -0.39 is 5.97 Å². The van der Waals surface area contributed by atoms with Gasteiger partial charge in [-0.3, -0.25) is 4.57 Å². The fourth-order valence-corrected chi connectivity index (χ4v) is 2.31. The van der Waals surface area contributed by atoms with E-state index in [1.54, 1.807) is 24.3 Å². The number of carbonyl (C=O) groups is 1. The van der Waals surface area contributed by atoms with Crippen molar-refractivity contribution in [1.29, 1.82) is 5.26 Å². The highest BCUT2D eigenvalue weighted by Crippen LogP contribution is 2.22. The molecule has 3 rings (SSSR count). The Labute approximate surface area is 120 Å². The maximum atomic E-state index is 10.9. The SMILES string of the molecule is N#CCc1nc2ccccc2n1-c1ccc(C(=O)O)cc1. The molecule has 102 valence electrons.